The van der Waals surface area contributed by atoms with Crippen molar-refractivity contribution in [3.8, 4) is 5.75 Å². The highest BCUT2D eigenvalue weighted by atomic mass is 16.5. The SMILES string of the molecule is Cc1[nH]nc2ncc(C(=O)N(C)CCOc3ccccc3)cc12. The molecule has 0 atom stereocenters. The first-order chi connectivity index (χ1) is 11.1. The first-order valence-corrected chi connectivity index (χ1v) is 7.39. The number of ether oxygens (including phenoxy) is 1. The Balaban J connectivity index is 1.62. The summed E-state index contributed by atoms with van der Waals surface area (Å²) in [6.07, 6.45) is 1.56. The summed E-state index contributed by atoms with van der Waals surface area (Å²) in [7, 11) is 1.75. The Morgan fingerprint density at radius 1 is 1.30 bits per heavy atom. The lowest BCUT2D eigenvalue weighted by molar-refractivity contribution is 0.0773. The first-order valence-electron chi connectivity index (χ1n) is 7.39. The molecule has 118 valence electrons. The standard InChI is InChI=1S/C17H18N4O2/c1-12-15-10-13(11-18-16(15)20-19-12)17(22)21(2)8-9-23-14-6-4-3-5-7-14/h3-7,10-11H,8-9H2,1-2H3,(H,18,19,20). The second kappa shape index (κ2) is 6.48. The zero-order valence-corrected chi connectivity index (χ0v) is 13.1. The van der Waals surface area contributed by atoms with Gasteiger partial charge in [-0.05, 0) is 25.1 Å². The summed E-state index contributed by atoms with van der Waals surface area (Å²) >= 11 is 0. The maximum absolute atomic E-state index is 12.5. The van der Waals surface area contributed by atoms with Crippen LogP contribution in [0.15, 0.2) is 42.6 Å². The molecule has 0 saturated carbocycles. The summed E-state index contributed by atoms with van der Waals surface area (Å²) in [4.78, 5) is 18.3. The molecule has 0 fully saturated rings. The molecule has 0 aliphatic heterocycles. The van der Waals surface area contributed by atoms with Gasteiger partial charge in [-0.3, -0.25) is 9.89 Å². The average molecular weight is 310 g/mol. The van der Waals surface area contributed by atoms with Crippen LogP contribution in [0.4, 0.5) is 0 Å². The third-order valence-electron chi connectivity index (χ3n) is 3.63. The molecule has 0 aliphatic carbocycles. The Bertz CT molecular complexity index is 814. The molecule has 1 amide bonds. The molecule has 0 unspecified atom stereocenters. The van der Waals surface area contributed by atoms with Crippen molar-refractivity contribution in [3.05, 3.63) is 53.9 Å². The average Bonchev–Trinajstić information content (AvgIpc) is 2.95. The maximum Gasteiger partial charge on any atom is 0.255 e. The molecule has 0 aliphatic rings. The first kappa shape index (κ1) is 15.0. The van der Waals surface area contributed by atoms with Crippen LogP contribution in [0.5, 0.6) is 5.75 Å². The Morgan fingerprint density at radius 3 is 2.87 bits per heavy atom. The molecule has 3 aromatic rings. The van der Waals surface area contributed by atoms with E-state index in [4.69, 9.17) is 4.74 Å². The molecule has 1 aromatic carbocycles. The molecular formula is C17H18N4O2. The van der Waals surface area contributed by atoms with Gasteiger partial charge in [-0.2, -0.15) is 5.10 Å². The van der Waals surface area contributed by atoms with Gasteiger partial charge in [-0.25, -0.2) is 4.98 Å². The fourth-order valence-electron chi connectivity index (χ4n) is 2.28. The fourth-order valence-corrected chi connectivity index (χ4v) is 2.28. The van der Waals surface area contributed by atoms with Crippen LogP contribution >= 0.6 is 0 Å². The number of aryl methyl sites for hydroxylation is 1. The minimum absolute atomic E-state index is 0.0864. The number of hydrogen-bond donors (Lipinski definition) is 1. The number of nitrogens with zero attached hydrogens (tertiary/aromatic N) is 3. The molecule has 1 N–H and O–H groups in total. The maximum atomic E-state index is 12.5. The summed E-state index contributed by atoms with van der Waals surface area (Å²) in [5.41, 5.74) is 2.07. The molecule has 3 rings (SSSR count). The Morgan fingerprint density at radius 2 is 2.09 bits per heavy atom. The van der Waals surface area contributed by atoms with Crippen LogP contribution in [0.2, 0.25) is 0 Å². The predicted molar refractivity (Wildman–Crippen MR) is 87.5 cm³/mol. The molecule has 0 bridgehead atoms. The van der Waals surface area contributed by atoms with Gasteiger partial charge in [0.05, 0.1) is 12.1 Å². The number of para-hydroxylation sites is 1. The molecule has 0 spiro atoms. The number of H-pyrrole nitrogens is 1. The second-order valence-corrected chi connectivity index (χ2v) is 5.33. The van der Waals surface area contributed by atoms with E-state index >= 15 is 0 Å². The van der Waals surface area contributed by atoms with Gasteiger partial charge in [0, 0.05) is 24.3 Å². The number of rotatable bonds is 5. The highest BCUT2D eigenvalue weighted by molar-refractivity contribution is 5.97. The van der Waals surface area contributed by atoms with Crippen molar-refractivity contribution < 1.29 is 9.53 Å². The zero-order valence-electron chi connectivity index (χ0n) is 13.1. The third kappa shape index (κ3) is 3.31. The van der Waals surface area contributed by atoms with E-state index in [1.165, 1.54) is 0 Å². The van der Waals surface area contributed by atoms with E-state index in [9.17, 15) is 4.79 Å². The van der Waals surface area contributed by atoms with E-state index in [1.54, 1.807) is 18.1 Å². The zero-order chi connectivity index (χ0) is 16.2. The van der Waals surface area contributed by atoms with Gasteiger partial charge in [0.2, 0.25) is 0 Å². The molecule has 2 aromatic heterocycles. The quantitative estimate of drug-likeness (QED) is 0.785. The fraction of sp³-hybridized carbons (Fsp3) is 0.235. The summed E-state index contributed by atoms with van der Waals surface area (Å²) in [6.45, 7) is 2.84. The van der Waals surface area contributed by atoms with Crippen molar-refractivity contribution in [3.63, 3.8) is 0 Å². The number of hydrogen-bond acceptors (Lipinski definition) is 4. The summed E-state index contributed by atoms with van der Waals surface area (Å²) in [6, 6.07) is 11.4. The minimum atomic E-state index is -0.0864. The largest absolute Gasteiger partial charge is 0.492 e. The third-order valence-corrected chi connectivity index (χ3v) is 3.63. The number of amides is 1. The van der Waals surface area contributed by atoms with Crippen molar-refractivity contribution in [2.45, 2.75) is 6.92 Å². The van der Waals surface area contributed by atoms with Crippen LogP contribution in [-0.4, -0.2) is 46.2 Å². The van der Waals surface area contributed by atoms with Crippen molar-refractivity contribution in [1.29, 1.82) is 0 Å². The van der Waals surface area contributed by atoms with Gasteiger partial charge in [0.25, 0.3) is 5.91 Å². The number of carbonyl (C=O) groups excluding carboxylic acids is 1. The second-order valence-electron chi connectivity index (χ2n) is 5.33. The number of fused-ring (bicyclic) bond motifs is 1. The summed E-state index contributed by atoms with van der Waals surface area (Å²) < 4.78 is 5.62. The minimum Gasteiger partial charge on any atom is -0.492 e. The number of aromatic amines is 1. The van der Waals surface area contributed by atoms with Crippen molar-refractivity contribution >= 4 is 16.9 Å². The predicted octanol–water partition coefficient (Wildman–Crippen LogP) is 2.42. The van der Waals surface area contributed by atoms with E-state index in [2.05, 4.69) is 15.2 Å². The molecule has 0 saturated heterocycles. The van der Waals surface area contributed by atoms with Gasteiger partial charge < -0.3 is 9.64 Å². The van der Waals surface area contributed by atoms with E-state index in [-0.39, 0.29) is 5.91 Å². The van der Waals surface area contributed by atoms with Gasteiger partial charge in [-0.15, -0.1) is 0 Å². The van der Waals surface area contributed by atoms with Crippen molar-refractivity contribution in [2.75, 3.05) is 20.2 Å². The molecule has 23 heavy (non-hydrogen) atoms. The van der Waals surface area contributed by atoms with Crippen LogP contribution < -0.4 is 4.74 Å². The number of aromatic nitrogens is 3. The van der Waals surface area contributed by atoms with E-state index in [1.807, 2.05) is 43.3 Å². The van der Waals surface area contributed by atoms with Gasteiger partial charge in [0.1, 0.15) is 12.4 Å². The van der Waals surface area contributed by atoms with Crippen LogP contribution in [-0.2, 0) is 0 Å². The normalized spacial score (nSPS) is 10.7. The lowest BCUT2D eigenvalue weighted by Gasteiger charge is -2.17. The molecule has 6 nitrogen and oxygen atoms in total. The number of pyridine rings is 1. The van der Waals surface area contributed by atoms with E-state index in [0.717, 1.165) is 16.8 Å². The Kier molecular flexibility index (Phi) is 4.23. The van der Waals surface area contributed by atoms with Crippen LogP contribution in [0.3, 0.4) is 0 Å². The monoisotopic (exact) mass is 310 g/mol. The number of benzene rings is 1. The lowest BCUT2D eigenvalue weighted by Crippen LogP contribution is -2.30. The highest BCUT2D eigenvalue weighted by Gasteiger charge is 2.14. The van der Waals surface area contributed by atoms with Gasteiger partial charge in [0.15, 0.2) is 5.65 Å². The van der Waals surface area contributed by atoms with E-state index in [0.29, 0.717) is 24.4 Å². The summed E-state index contributed by atoms with van der Waals surface area (Å²) in [5.74, 6) is 0.710. The molecule has 2 heterocycles. The smallest absolute Gasteiger partial charge is 0.255 e. The number of carbonyl (C=O) groups is 1. The van der Waals surface area contributed by atoms with Crippen LogP contribution in [0, 0.1) is 6.92 Å². The number of nitrogens with one attached hydrogen (secondary N) is 1. The molecule has 0 radical (unpaired) electrons. The topological polar surface area (TPSA) is 71.1 Å². The molecular weight excluding hydrogens is 292 g/mol. The Labute approximate surface area is 134 Å². The Hall–Kier alpha value is -2.89. The lowest BCUT2D eigenvalue weighted by atomic mass is 10.2. The van der Waals surface area contributed by atoms with Crippen molar-refractivity contribution in [1.82, 2.24) is 20.1 Å². The highest BCUT2D eigenvalue weighted by Crippen LogP contribution is 2.15. The van der Waals surface area contributed by atoms with Gasteiger partial charge >= 0.3 is 0 Å². The number of likely N-dealkylation sites (N-methyl/N-ethyl adjacent to an activating group) is 1. The van der Waals surface area contributed by atoms with Crippen molar-refractivity contribution in [2.24, 2.45) is 0 Å². The van der Waals surface area contributed by atoms with Crippen LogP contribution in [0.1, 0.15) is 16.1 Å². The van der Waals surface area contributed by atoms with Gasteiger partial charge in [-0.1, -0.05) is 18.2 Å². The molecule has 6 heteroatoms. The van der Waals surface area contributed by atoms with E-state index < -0.39 is 0 Å². The summed E-state index contributed by atoms with van der Waals surface area (Å²) in [5, 5.41) is 7.80. The van der Waals surface area contributed by atoms with Crippen LogP contribution in [0.25, 0.3) is 11.0 Å².